The van der Waals surface area contributed by atoms with Gasteiger partial charge >= 0.3 is 0 Å². The maximum absolute atomic E-state index is 4.60. The van der Waals surface area contributed by atoms with Gasteiger partial charge in [0, 0.05) is 35.1 Å². The maximum Gasteiger partial charge on any atom is 0.223 e. The summed E-state index contributed by atoms with van der Waals surface area (Å²) < 4.78 is 0. The Balaban J connectivity index is 1.32. The highest BCUT2D eigenvalue weighted by atomic mass is 32.2. The van der Waals surface area contributed by atoms with Gasteiger partial charge in [0.2, 0.25) is 5.95 Å². The van der Waals surface area contributed by atoms with Crippen LogP contribution in [0.3, 0.4) is 0 Å². The lowest BCUT2D eigenvalue weighted by Gasteiger charge is -2.21. The van der Waals surface area contributed by atoms with E-state index in [0.717, 1.165) is 23.0 Å². The Bertz CT molecular complexity index is 1250. The number of benzene rings is 1. The third kappa shape index (κ3) is 4.84. The summed E-state index contributed by atoms with van der Waals surface area (Å²) in [5, 5.41) is 12.0. The largest absolute Gasteiger partial charge is 0.353 e. The van der Waals surface area contributed by atoms with E-state index >= 15 is 0 Å². The zero-order chi connectivity index (χ0) is 20.9. The molecule has 1 aromatic carbocycles. The van der Waals surface area contributed by atoms with Crippen LogP contribution >= 0.6 is 11.8 Å². The van der Waals surface area contributed by atoms with Gasteiger partial charge in [-0.2, -0.15) is 16.9 Å². The Morgan fingerprint density at radius 1 is 1.06 bits per heavy atom. The molecule has 1 fully saturated rings. The summed E-state index contributed by atoms with van der Waals surface area (Å²) in [6, 6.07) is 9.55. The van der Waals surface area contributed by atoms with E-state index < -0.39 is 0 Å². The first-order chi connectivity index (χ1) is 15.3. The van der Waals surface area contributed by atoms with Gasteiger partial charge in [-0.15, -0.1) is 0 Å². The predicted molar refractivity (Wildman–Crippen MR) is 124 cm³/mol. The Labute approximate surface area is 184 Å². The van der Waals surface area contributed by atoms with Crippen LogP contribution in [0.2, 0.25) is 0 Å². The third-order valence-electron chi connectivity index (χ3n) is 5.08. The molecule has 3 aromatic heterocycles. The van der Waals surface area contributed by atoms with Crippen molar-refractivity contribution in [3.8, 4) is 23.4 Å². The maximum atomic E-state index is 4.60. The van der Waals surface area contributed by atoms with E-state index in [0.29, 0.717) is 28.4 Å². The van der Waals surface area contributed by atoms with Crippen molar-refractivity contribution in [1.82, 2.24) is 30.1 Å². The highest BCUT2D eigenvalue weighted by Gasteiger charge is 2.14. The monoisotopic (exact) mass is 427 g/mol. The second kappa shape index (κ2) is 9.14. The number of aromatic nitrogens is 6. The minimum absolute atomic E-state index is 0.537. The van der Waals surface area contributed by atoms with E-state index in [-0.39, 0.29) is 0 Å². The van der Waals surface area contributed by atoms with Gasteiger partial charge in [0.1, 0.15) is 11.4 Å². The molecule has 154 valence electrons. The van der Waals surface area contributed by atoms with Crippen LogP contribution in [0.1, 0.15) is 30.5 Å². The van der Waals surface area contributed by atoms with Crippen molar-refractivity contribution in [1.29, 1.82) is 0 Å². The molecule has 4 aromatic rings. The van der Waals surface area contributed by atoms with Crippen molar-refractivity contribution in [2.75, 3.05) is 17.6 Å². The van der Waals surface area contributed by atoms with Crippen LogP contribution in [0.4, 0.5) is 5.95 Å². The summed E-state index contributed by atoms with van der Waals surface area (Å²) >= 11 is 2.03. The lowest BCUT2D eigenvalue weighted by Crippen LogP contribution is -2.21. The second-order valence-corrected chi connectivity index (χ2v) is 8.73. The number of aromatic amines is 1. The molecule has 0 bridgehead atoms. The molecule has 0 spiro atoms. The van der Waals surface area contributed by atoms with Crippen molar-refractivity contribution < 1.29 is 0 Å². The SMILES string of the molecule is C(#Cc1ccnc(-c2ccnc(NCC3CCCCS3)n2)n1)c1ccc2[nH]ncc2c1. The Kier molecular flexibility index (Phi) is 5.76. The highest BCUT2D eigenvalue weighted by Crippen LogP contribution is 2.25. The summed E-state index contributed by atoms with van der Waals surface area (Å²) in [4.78, 5) is 17.9. The summed E-state index contributed by atoms with van der Waals surface area (Å²) in [5.74, 6) is 8.66. The average molecular weight is 428 g/mol. The molecule has 31 heavy (non-hydrogen) atoms. The number of thioether (sulfide) groups is 1. The number of anilines is 1. The van der Waals surface area contributed by atoms with Crippen LogP contribution in [-0.4, -0.2) is 47.7 Å². The van der Waals surface area contributed by atoms with Gasteiger partial charge in [0.05, 0.1) is 11.7 Å². The van der Waals surface area contributed by atoms with Crippen molar-refractivity contribution in [2.24, 2.45) is 0 Å². The third-order valence-corrected chi connectivity index (χ3v) is 6.48. The molecule has 2 N–H and O–H groups in total. The lowest BCUT2D eigenvalue weighted by molar-refractivity contribution is 0.676. The number of nitrogens with zero attached hydrogens (tertiary/aromatic N) is 5. The fraction of sp³-hybridized carbons (Fsp3) is 0.261. The molecule has 4 heterocycles. The summed E-state index contributed by atoms with van der Waals surface area (Å²) in [6.45, 7) is 0.876. The van der Waals surface area contributed by atoms with Crippen molar-refractivity contribution in [3.63, 3.8) is 0 Å². The van der Waals surface area contributed by atoms with Crippen LogP contribution < -0.4 is 5.32 Å². The molecule has 1 unspecified atom stereocenters. The molecule has 0 aliphatic carbocycles. The van der Waals surface area contributed by atoms with Crippen LogP contribution in [-0.2, 0) is 0 Å². The zero-order valence-corrected chi connectivity index (χ0v) is 17.7. The van der Waals surface area contributed by atoms with Gasteiger partial charge in [0.15, 0.2) is 5.82 Å². The van der Waals surface area contributed by atoms with Gasteiger partial charge in [0.25, 0.3) is 0 Å². The molecule has 0 amide bonds. The predicted octanol–water partition coefficient (Wildman–Crippen LogP) is 3.91. The molecule has 1 aliphatic rings. The minimum Gasteiger partial charge on any atom is -0.353 e. The summed E-state index contributed by atoms with van der Waals surface area (Å²) in [6.07, 6.45) is 9.10. The van der Waals surface area contributed by atoms with Gasteiger partial charge in [-0.1, -0.05) is 12.3 Å². The number of hydrogen-bond acceptors (Lipinski definition) is 7. The fourth-order valence-corrected chi connectivity index (χ4v) is 4.69. The Hall–Kier alpha value is -3.44. The topological polar surface area (TPSA) is 92.3 Å². The fourth-order valence-electron chi connectivity index (χ4n) is 3.45. The van der Waals surface area contributed by atoms with Crippen molar-refractivity contribution >= 4 is 28.6 Å². The van der Waals surface area contributed by atoms with Gasteiger partial charge in [-0.05, 0) is 54.8 Å². The molecule has 1 aliphatic heterocycles. The molecule has 0 saturated carbocycles. The molecule has 8 heteroatoms. The van der Waals surface area contributed by atoms with E-state index in [4.69, 9.17) is 0 Å². The first-order valence-electron chi connectivity index (χ1n) is 10.3. The number of hydrogen-bond donors (Lipinski definition) is 2. The van der Waals surface area contributed by atoms with Crippen LogP contribution in [0.15, 0.2) is 48.9 Å². The summed E-state index contributed by atoms with van der Waals surface area (Å²) in [7, 11) is 0. The molecule has 1 atom stereocenters. The van der Waals surface area contributed by atoms with Crippen LogP contribution in [0.25, 0.3) is 22.4 Å². The van der Waals surface area contributed by atoms with E-state index in [1.165, 1.54) is 25.0 Å². The number of fused-ring (bicyclic) bond motifs is 1. The van der Waals surface area contributed by atoms with E-state index in [2.05, 4.69) is 47.3 Å². The first-order valence-corrected chi connectivity index (χ1v) is 11.4. The smallest absolute Gasteiger partial charge is 0.223 e. The molecule has 0 radical (unpaired) electrons. The first kappa shape index (κ1) is 19.5. The normalized spacial score (nSPS) is 15.9. The van der Waals surface area contributed by atoms with E-state index in [1.807, 2.05) is 36.0 Å². The highest BCUT2D eigenvalue weighted by molar-refractivity contribution is 7.99. The lowest BCUT2D eigenvalue weighted by atomic mass is 10.1. The number of rotatable bonds is 4. The van der Waals surface area contributed by atoms with E-state index in [9.17, 15) is 0 Å². The van der Waals surface area contributed by atoms with Crippen molar-refractivity contribution in [3.05, 3.63) is 60.2 Å². The molecule has 7 nitrogen and oxygen atoms in total. The standard InChI is InChI=1S/C23H21N7S/c1-2-12-31-19(3-1)15-26-23-25-11-9-21(29-23)22-24-10-8-18(28-22)6-4-16-5-7-20-17(13-16)14-27-30-20/h5,7-11,13-14,19H,1-3,12,15H2,(H,27,30)(H,25,26,29). The Morgan fingerprint density at radius 2 is 2.03 bits per heavy atom. The zero-order valence-electron chi connectivity index (χ0n) is 16.9. The van der Waals surface area contributed by atoms with Crippen LogP contribution in [0.5, 0.6) is 0 Å². The quantitative estimate of drug-likeness (QED) is 0.477. The number of nitrogens with one attached hydrogen (secondary N) is 2. The Morgan fingerprint density at radius 3 is 2.97 bits per heavy atom. The molecule has 1 saturated heterocycles. The molecule has 5 rings (SSSR count). The van der Waals surface area contributed by atoms with E-state index in [1.54, 1.807) is 24.7 Å². The number of H-pyrrole nitrogens is 1. The summed E-state index contributed by atoms with van der Waals surface area (Å²) in [5.41, 5.74) is 3.22. The van der Waals surface area contributed by atoms with Gasteiger partial charge in [-0.25, -0.2) is 19.9 Å². The van der Waals surface area contributed by atoms with Crippen molar-refractivity contribution in [2.45, 2.75) is 24.5 Å². The molecular weight excluding hydrogens is 406 g/mol. The minimum atomic E-state index is 0.537. The van der Waals surface area contributed by atoms with Gasteiger partial charge < -0.3 is 5.32 Å². The van der Waals surface area contributed by atoms with Crippen LogP contribution in [0, 0.1) is 11.8 Å². The van der Waals surface area contributed by atoms with Gasteiger partial charge in [-0.3, -0.25) is 5.10 Å². The average Bonchev–Trinajstić information content (AvgIpc) is 3.30. The second-order valence-electron chi connectivity index (χ2n) is 7.32. The molecular formula is C23H21N7S.